The fourth-order valence-corrected chi connectivity index (χ4v) is 4.89. The second-order valence-electron chi connectivity index (χ2n) is 9.01. The summed E-state index contributed by atoms with van der Waals surface area (Å²) >= 11 is 0. The van der Waals surface area contributed by atoms with Gasteiger partial charge in [0.05, 0.1) is 12.2 Å². The average Bonchev–Trinajstić information content (AvgIpc) is 3.12. The maximum atomic E-state index is 13.9. The van der Waals surface area contributed by atoms with Crippen molar-refractivity contribution in [1.29, 1.82) is 0 Å². The fourth-order valence-electron chi connectivity index (χ4n) is 4.89. The maximum absolute atomic E-state index is 13.9. The molecule has 0 saturated carbocycles. The molecule has 38 heavy (non-hydrogen) atoms. The molecule has 3 aromatic rings. The first-order chi connectivity index (χ1) is 18.0. The quantitative estimate of drug-likeness (QED) is 0.408. The standard InChI is InChI=1S/C27H23F3N4O4/c1-15(35)38-23-18(19-14-32-11-10-20(19)27(28,29)30)6-3-7-21(23)26(24(36)34(2)25(31)33-26)17-8-9-22-16(13-17)5-4-12-37-22/h3,6-11,13-14H,4-5,12H2,1-2H3,(H2,31,33). The van der Waals surface area contributed by atoms with Crippen LogP contribution >= 0.6 is 0 Å². The molecular weight excluding hydrogens is 501 g/mol. The molecule has 2 aliphatic heterocycles. The predicted octanol–water partition coefficient (Wildman–Crippen LogP) is 4.05. The van der Waals surface area contributed by atoms with E-state index in [4.69, 9.17) is 15.2 Å². The zero-order valence-electron chi connectivity index (χ0n) is 20.5. The number of hydrogen-bond donors (Lipinski definition) is 1. The third-order valence-corrected chi connectivity index (χ3v) is 6.63. The van der Waals surface area contributed by atoms with Gasteiger partial charge in [0.25, 0.3) is 5.91 Å². The van der Waals surface area contributed by atoms with Gasteiger partial charge in [-0.25, -0.2) is 4.99 Å². The van der Waals surface area contributed by atoms with Gasteiger partial charge in [-0.05, 0) is 42.2 Å². The molecule has 0 saturated heterocycles. The van der Waals surface area contributed by atoms with Crippen molar-refractivity contribution in [2.45, 2.75) is 31.5 Å². The summed E-state index contributed by atoms with van der Waals surface area (Å²) in [5.41, 5.74) is 4.23. The lowest BCUT2D eigenvalue weighted by Gasteiger charge is -2.30. The second-order valence-corrected chi connectivity index (χ2v) is 9.01. The first-order valence-electron chi connectivity index (χ1n) is 11.8. The number of alkyl halides is 3. The van der Waals surface area contributed by atoms with Gasteiger partial charge in [0, 0.05) is 43.1 Å². The number of carbonyl (C=O) groups excluding carboxylic acids is 2. The third kappa shape index (κ3) is 4.04. The summed E-state index contributed by atoms with van der Waals surface area (Å²) in [6.07, 6.45) is -1.18. The van der Waals surface area contributed by atoms with Gasteiger partial charge in [-0.2, -0.15) is 13.2 Å². The highest BCUT2D eigenvalue weighted by molar-refractivity contribution is 6.09. The van der Waals surface area contributed by atoms with Crippen molar-refractivity contribution in [2.75, 3.05) is 13.7 Å². The number of likely N-dealkylation sites (N-methyl/N-ethyl adjacent to an activating group) is 1. The average molecular weight is 524 g/mol. The minimum Gasteiger partial charge on any atom is -0.493 e. The molecule has 5 rings (SSSR count). The Bertz CT molecular complexity index is 1490. The van der Waals surface area contributed by atoms with Crippen LogP contribution in [0.5, 0.6) is 11.5 Å². The van der Waals surface area contributed by atoms with Gasteiger partial charge in [-0.15, -0.1) is 0 Å². The van der Waals surface area contributed by atoms with Gasteiger partial charge in [-0.3, -0.25) is 19.5 Å². The van der Waals surface area contributed by atoms with Crippen LogP contribution in [0, 0.1) is 0 Å². The van der Waals surface area contributed by atoms with E-state index in [0.717, 1.165) is 42.3 Å². The van der Waals surface area contributed by atoms with Crippen LogP contribution in [-0.2, 0) is 27.7 Å². The molecule has 2 aliphatic rings. The van der Waals surface area contributed by atoms with E-state index in [9.17, 15) is 22.8 Å². The topological polar surface area (TPSA) is 107 Å². The number of esters is 1. The van der Waals surface area contributed by atoms with Gasteiger partial charge in [0.2, 0.25) is 0 Å². The first-order valence-corrected chi connectivity index (χ1v) is 11.8. The molecule has 1 atom stereocenters. The second kappa shape index (κ2) is 9.16. The van der Waals surface area contributed by atoms with E-state index in [-0.39, 0.29) is 28.4 Å². The minimum atomic E-state index is -4.72. The van der Waals surface area contributed by atoms with E-state index >= 15 is 0 Å². The SMILES string of the molecule is CC(=O)Oc1c(-c2cnccc2C(F)(F)F)cccc1C1(c2ccc3c(c2)CCCO3)N=C(N)N(C)C1=O. The van der Waals surface area contributed by atoms with Crippen LogP contribution in [0.15, 0.2) is 59.9 Å². The number of pyridine rings is 1. The van der Waals surface area contributed by atoms with E-state index in [0.29, 0.717) is 24.3 Å². The Kier molecular flexibility index (Phi) is 6.09. The molecule has 1 amide bonds. The number of aromatic nitrogens is 1. The van der Waals surface area contributed by atoms with Crippen LogP contribution < -0.4 is 15.2 Å². The van der Waals surface area contributed by atoms with Gasteiger partial charge < -0.3 is 15.2 Å². The number of amides is 1. The summed E-state index contributed by atoms with van der Waals surface area (Å²) in [7, 11) is 1.45. The molecule has 0 bridgehead atoms. The number of para-hydroxylation sites is 1. The summed E-state index contributed by atoms with van der Waals surface area (Å²) in [6.45, 7) is 1.69. The lowest BCUT2D eigenvalue weighted by molar-refractivity contribution is -0.137. The van der Waals surface area contributed by atoms with Crippen LogP contribution in [0.4, 0.5) is 13.2 Å². The van der Waals surface area contributed by atoms with Gasteiger partial charge >= 0.3 is 12.1 Å². The largest absolute Gasteiger partial charge is 0.493 e. The minimum absolute atomic E-state index is 0.0659. The molecule has 1 aromatic heterocycles. The Labute approximate surface area is 215 Å². The number of nitrogens with two attached hydrogens (primary N) is 1. The number of fused-ring (bicyclic) bond motifs is 1. The number of ether oxygens (including phenoxy) is 2. The van der Waals surface area contributed by atoms with Gasteiger partial charge in [0.1, 0.15) is 11.5 Å². The number of hydrogen-bond acceptors (Lipinski definition) is 7. The smallest absolute Gasteiger partial charge is 0.417 e. The summed E-state index contributed by atoms with van der Waals surface area (Å²) in [4.78, 5) is 35.7. The number of aliphatic imine (C=N–C) groups is 1. The van der Waals surface area contributed by atoms with Crippen LogP contribution in [0.1, 0.15) is 35.6 Å². The monoisotopic (exact) mass is 524 g/mol. The molecule has 2 aromatic carbocycles. The zero-order valence-corrected chi connectivity index (χ0v) is 20.5. The molecule has 11 heteroatoms. The Morgan fingerprint density at radius 2 is 1.97 bits per heavy atom. The van der Waals surface area contributed by atoms with Gasteiger partial charge in [0.15, 0.2) is 11.5 Å². The molecule has 2 N–H and O–H groups in total. The van der Waals surface area contributed by atoms with E-state index in [1.165, 1.54) is 25.2 Å². The highest BCUT2D eigenvalue weighted by atomic mass is 19.4. The Morgan fingerprint density at radius 1 is 1.18 bits per heavy atom. The fraction of sp³-hybridized carbons (Fsp3) is 0.259. The molecule has 1 unspecified atom stereocenters. The van der Waals surface area contributed by atoms with E-state index in [1.54, 1.807) is 18.2 Å². The first kappa shape index (κ1) is 25.2. The maximum Gasteiger partial charge on any atom is 0.417 e. The Hall–Kier alpha value is -4.41. The number of rotatable bonds is 4. The molecule has 8 nitrogen and oxygen atoms in total. The van der Waals surface area contributed by atoms with E-state index in [1.807, 2.05) is 0 Å². The van der Waals surface area contributed by atoms with Crippen molar-refractivity contribution in [3.63, 3.8) is 0 Å². The van der Waals surface area contributed by atoms with Crippen molar-refractivity contribution in [2.24, 2.45) is 10.7 Å². The predicted molar refractivity (Wildman–Crippen MR) is 131 cm³/mol. The van der Waals surface area contributed by atoms with E-state index < -0.39 is 29.2 Å². The lowest BCUT2D eigenvalue weighted by Crippen LogP contribution is -2.41. The number of aryl methyl sites for hydroxylation is 1. The molecule has 0 fully saturated rings. The van der Waals surface area contributed by atoms with Crippen molar-refractivity contribution in [3.8, 4) is 22.6 Å². The summed E-state index contributed by atoms with van der Waals surface area (Å²) < 4.78 is 53.1. The molecule has 3 heterocycles. The zero-order chi connectivity index (χ0) is 27.2. The normalized spacial score (nSPS) is 19.0. The highest BCUT2D eigenvalue weighted by Crippen LogP contribution is 2.49. The molecule has 196 valence electrons. The summed E-state index contributed by atoms with van der Waals surface area (Å²) in [5.74, 6) is -1.02. The van der Waals surface area contributed by atoms with Crippen LogP contribution in [0.3, 0.4) is 0 Å². The Balaban J connectivity index is 1.83. The van der Waals surface area contributed by atoms with Crippen molar-refractivity contribution < 1.29 is 32.2 Å². The van der Waals surface area contributed by atoms with Crippen molar-refractivity contribution >= 4 is 17.8 Å². The molecule has 0 spiro atoms. The van der Waals surface area contributed by atoms with Crippen LogP contribution in [0.25, 0.3) is 11.1 Å². The van der Waals surface area contributed by atoms with E-state index in [2.05, 4.69) is 9.98 Å². The molecule has 0 radical (unpaired) electrons. The van der Waals surface area contributed by atoms with Crippen LogP contribution in [-0.4, -0.2) is 41.4 Å². The highest BCUT2D eigenvalue weighted by Gasteiger charge is 2.52. The molecular formula is C27H23F3N4O4. The summed E-state index contributed by atoms with van der Waals surface area (Å²) in [5, 5.41) is 0. The van der Waals surface area contributed by atoms with Gasteiger partial charge in [-0.1, -0.05) is 24.3 Å². The third-order valence-electron chi connectivity index (χ3n) is 6.63. The number of benzene rings is 2. The van der Waals surface area contributed by atoms with Crippen LogP contribution in [0.2, 0.25) is 0 Å². The van der Waals surface area contributed by atoms with Crippen molar-refractivity contribution in [3.05, 3.63) is 77.1 Å². The Morgan fingerprint density at radius 3 is 2.66 bits per heavy atom. The number of nitrogens with zero attached hydrogens (tertiary/aromatic N) is 3. The number of halogens is 3. The van der Waals surface area contributed by atoms with Crippen molar-refractivity contribution in [1.82, 2.24) is 9.88 Å². The number of guanidine groups is 1. The number of carbonyl (C=O) groups is 2. The lowest BCUT2D eigenvalue weighted by atomic mass is 9.79. The molecule has 0 aliphatic carbocycles. The summed E-state index contributed by atoms with van der Waals surface area (Å²) in [6, 6.07) is 10.3.